The predicted molar refractivity (Wildman–Crippen MR) is 77.6 cm³/mol. The van der Waals surface area contributed by atoms with E-state index in [-0.39, 0.29) is 0 Å². The van der Waals surface area contributed by atoms with Crippen molar-refractivity contribution in [1.29, 1.82) is 0 Å². The molecule has 1 aliphatic heterocycles. The van der Waals surface area contributed by atoms with Crippen LogP contribution in [0.15, 0.2) is 36.4 Å². The maximum absolute atomic E-state index is 9.87. The average Bonchev–Trinajstić information content (AvgIpc) is 2.47. The first-order chi connectivity index (χ1) is 9.34. The summed E-state index contributed by atoms with van der Waals surface area (Å²) in [6.07, 6.45) is 2.26. The maximum atomic E-state index is 9.87. The summed E-state index contributed by atoms with van der Waals surface area (Å²) in [7, 11) is 0. The lowest BCUT2D eigenvalue weighted by atomic mass is 10.00. The van der Waals surface area contributed by atoms with Gasteiger partial charge in [0.2, 0.25) is 0 Å². The highest BCUT2D eigenvalue weighted by Gasteiger charge is 2.13. The molecule has 0 saturated carbocycles. The summed E-state index contributed by atoms with van der Waals surface area (Å²) in [4.78, 5) is 0. The van der Waals surface area contributed by atoms with Crippen LogP contribution in [0.3, 0.4) is 0 Å². The van der Waals surface area contributed by atoms with Crippen molar-refractivity contribution in [3.63, 3.8) is 0 Å². The average molecular weight is 257 g/mol. The van der Waals surface area contributed by atoms with Crippen LogP contribution in [-0.4, -0.2) is 24.9 Å². The highest BCUT2D eigenvalue weighted by Crippen LogP contribution is 2.30. The SMILES string of the molecule is Oc1cccc2c(NCC3CCOCC3)cccc12. The van der Waals surface area contributed by atoms with E-state index in [0.29, 0.717) is 11.7 Å². The number of phenolic OH excluding ortho intramolecular Hbond substituents is 1. The number of hydrogen-bond acceptors (Lipinski definition) is 3. The van der Waals surface area contributed by atoms with E-state index in [9.17, 15) is 5.11 Å². The second-order valence-corrected chi connectivity index (χ2v) is 5.11. The molecule has 3 heteroatoms. The number of fused-ring (bicyclic) bond motifs is 1. The van der Waals surface area contributed by atoms with Gasteiger partial charge in [0.05, 0.1) is 0 Å². The summed E-state index contributed by atoms with van der Waals surface area (Å²) in [5.41, 5.74) is 1.10. The second-order valence-electron chi connectivity index (χ2n) is 5.11. The van der Waals surface area contributed by atoms with Crippen molar-refractivity contribution >= 4 is 16.5 Å². The smallest absolute Gasteiger partial charge is 0.123 e. The molecule has 0 radical (unpaired) electrons. The van der Waals surface area contributed by atoms with Gasteiger partial charge in [-0.2, -0.15) is 0 Å². The molecule has 1 aliphatic rings. The summed E-state index contributed by atoms with van der Waals surface area (Å²) in [6, 6.07) is 11.7. The van der Waals surface area contributed by atoms with Gasteiger partial charge in [0.15, 0.2) is 0 Å². The predicted octanol–water partition coefficient (Wildman–Crippen LogP) is 3.38. The van der Waals surface area contributed by atoms with Crippen LogP contribution < -0.4 is 5.32 Å². The lowest BCUT2D eigenvalue weighted by Crippen LogP contribution is -2.22. The Kier molecular flexibility index (Phi) is 3.56. The van der Waals surface area contributed by atoms with Crippen LogP contribution in [0, 0.1) is 5.92 Å². The maximum Gasteiger partial charge on any atom is 0.123 e. The van der Waals surface area contributed by atoms with Gasteiger partial charge in [0, 0.05) is 36.2 Å². The molecule has 0 bridgehead atoms. The lowest BCUT2D eigenvalue weighted by Gasteiger charge is -2.23. The zero-order valence-electron chi connectivity index (χ0n) is 10.9. The molecule has 0 unspecified atom stereocenters. The molecule has 0 amide bonds. The number of benzene rings is 2. The summed E-state index contributed by atoms with van der Waals surface area (Å²) >= 11 is 0. The van der Waals surface area contributed by atoms with Gasteiger partial charge in [-0.05, 0) is 30.9 Å². The van der Waals surface area contributed by atoms with Crippen molar-refractivity contribution in [3.8, 4) is 5.75 Å². The topological polar surface area (TPSA) is 41.5 Å². The van der Waals surface area contributed by atoms with Crippen LogP contribution in [0.2, 0.25) is 0 Å². The number of anilines is 1. The van der Waals surface area contributed by atoms with Crippen molar-refractivity contribution in [2.75, 3.05) is 25.1 Å². The van der Waals surface area contributed by atoms with Gasteiger partial charge in [0.25, 0.3) is 0 Å². The Morgan fingerprint density at radius 1 is 1.05 bits per heavy atom. The van der Waals surface area contributed by atoms with E-state index in [1.165, 1.54) is 0 Å². The summed E-state index contributed by atoms with van der Waals surface area (Å²) < 4.78 is 5.38. The number of nitrogens with one attached hydrogen (secondary N) is 1. The first-order valence-electron chi connectivity index (χ1n) is 6.87. The van der Waals surface area contributed by atoms with Crippen LogP contribution in [0.1, 0.15) is 12.8 Å². The molecular weight excluding hydrogens is 238 g/mol. The Hall–Kier alpha value is -1.74. The molecular formula is C16H19NO2. The summed E-state index contributed by atoms with van der Waals surface area (Å²) in [5.74, 6) is 1.02. The molecule has 2 aromatic rings. The van der Waals surface area contributed by atoms with E-state index in [0.717, 1.165) is 49.1 Å². The number of hydrogen-bond donors (Lipinski definition) is 2. The fraction of sp³-hybridized carbons (Fsp3) is 0.375. The van der Waals surface area contributed by atoms with Crippen molar-refractivity contribution in [3.05, 3.63) is 36.4 Å². The van der Waals surface area contributed by atoms with Gasteiger partial charge in [-0.1, -0.05) is 24.3 Å². The molecule has 0 spiro atoms. The van der Waals surface area contributed by atoms with Crippen LogP contribution in [0.5, 0.6) is 5.75 Å². The Morgan fingerprint density at radius 2 is 1.79 bits per heavy atom. The van der Waals surface area contributed by atoms with Gasteiger partial charge in [0.1, 0.15) is 5.75 Å². The molecule has 100 valence electrons. The van der Waals surface area contributed by atoms with E-state index in [4.69, 9.17) is 4.74 Å². The van der Waals surface area contributed by atoms with Gasteiger partial charge in [-0.15, -0.1) is 0 Å². The first kappa shape index (κ1) is 12.3. The van der Waals surface area contributed by atoms with E-state index >= 15 is 0 Å². The largest absolute Gasteiger partial charge is 0.507 e. The van der Waals surface area contributed by atoms with Crippen LogP contribution in [0.4, 0.5) is 5.69 Å². The molecule has 3 nitrogen and oxygen atoms in total. The highest BCUT2D eigenvalue weighted by atomic mass is 16.5. The third-order valence-electron chi connectivity index (χ3n) is 3.82. The third-order valence-corrected chi connectivity index (χ3v) is 3.82. The minimum Gasteiger partial charge on any atom is -0.507 e. The Balaban J connectivity index is 1.79. The van der Waals surface area contributed by atoms with Crippen molar-refractivity contribution < 1.29 is 9.84 Å². The highest BCUT2D eigenvalue weighted by molar-refractivity contribution is 5.97. The number of aromatic hydroxyl groups is 1. The minimum absolute atomic E-state index is 0.340. The molecule has 2 N–H and O–H groups in total. The molecule has 2 aromatic carbocycles. The zero-order chi connectivity index (χ0) is 13.1. The fourth-order valence-corrected chi connectivity index (χ4v) is 2.65. The minimum atomic E-state index is 0.340. The molecule has 0 atom stereocenters. The van der Waals surface area contributed by atoms with Crippen LogP contribution in [0.25, 0.3) is 10.8 Å². The second kappa shape index (κ2) is 5.49. The quantitative estimate of drug-likeness (QED) is 0.885. The van der Waals surface area contributed by atoms with Crippen LogP contribution >= 0.6 is 0 Å². The van der Waals surface area contributed by atoms with Crippen molar-refractivity contribution in [2.45, 2.75) is 12.8 Å². The Labute approximate surface area is 113 Å². The van der Waals surface area contributed by atoms with Gasteiger partial charge >= 0.3 is 0 Å². The molecule has 0 aromatic heterocycles. The fourth-order valence-electron chi connectivity index (χ4n) is 2.65. The van der Waals surface area contributed by atoms with E-state index in [1.54, 1.807) is 6.07 Å². The molecule has 3 rings (SSSR count). The Bertz CT molecular complexity index is 562. The van der Waals surface area contributed by atoms with Gasteiger partial charge in [-0.3, -0.25) is 0 Å². The number of ether oxygens (including phenoxy) is 1. The van der Waals surface area contributed by atoms with E-state index in [2.05, 4.69) is 11.4 Å². The summed E-state index contributed by atoms with van der Waals surface area (Å²) in [5, 5.41) is 15.4. The van der Waals surface area contributed by atoms with E-state index in [1.807, 2.05) is 24.3 Å². The molecule has 1 fully saturated rings. The zero-order valence-corrected chi connectivity index (χ0v) is 10.9. The molecule has 1 heterocycles. The standard InChI is InChI=1S/C16H19NO2/c18-16-6-2-3-13-14(16)4-1-5-15(13)17-11-12-7-9-19-10-8-12/h1-6,12,17-18H,7-11H2. The molecule has 0 aliphatic carbocycles. The van der Waals surface area contributed by atoms with Gasteiger partial charge in [-0.25, -0.2) is 0 Å². The molecule has 19 heavy (non-hydrogen) atoms. The lowest BCUT2D eigenvalue weighted by molar-refractivity contribution is 0.0699. The van der Waals surface area contributed by atoms with Crippen LogP contribution in [-0.2, 0) is 4.74 Å². The van der Waals surface area contributed by atoms with E-state index < -0.39 is 0 Å². The first-order valence-corrected chi connectivity index (χ1v) is 6.87. The summed E-state index contributed by atoms with van der Waals surface area (Å²) in [6.45, 7) is 2.73. The number of phenols is 1. The molecule has 1 saturated heterocycles. The normalized spacial score (nSPS) is 16.6. The number of rotatable bonds is 3. The van der Waals surface area contributed by atoms with Gasteiger partial charge < -0.3 is 15.2 Å². The third kappa shape index (κ3) is 2.66. The Morgan fingerprint density at radius 3 is 2.63 bits per heavy atom. The van der Waals surface area contributed by atoms with Crippen molar-refractivity contribution in [2.24, 2.45) is 5.92 Å². The monoisotopic (exact) mass is 257 g/mol. The van der Waals surface area contributed by atoms with Crippen molar-refractivity contribution in [1.82, 2.24) is 0 Å².